The van der Waals surface area contributed by atoms with Gasteiger partial charge in [0, 0.05) is 11.8 Å². The minimum Gasteiger partial charge on any atom is -0.481 e. The number of hydrogen-bond acceptors (Lipinski definition) is 5. The topological polar surface area (TPSA) is 57.1 Å². The minimum absolute atomic E-state index is 0.0455. The summed E-state index contributed by atoms with van der Waals surface area (Å²) < 4.78 is 62.9. The molecule has 5 nitrogen and oxygen atoms in total. The molecule has 0 aromatic carbocycles. The average Bonchev–Trinajstić information content (AvgIpc) is 2.69. The molecule has 3 heterocycles. The molecule has 0 aliphatic rings. The molecule has 29 heavy (non-hydrogen) atoms. The van der Waals surface area contributed by atoms with Gasteiger partial charge in [-0.25, -0.2) is 19.3 Å². The number of alkyl halides is 3. The van der Waals surface area contributed by atoms with Crippen molar-refractivity contribution in [3.63, 3.8) is 0 Å². The van der Waals surface area contributed by atoms with E-state index in [2.05, 4.69) is 15.0 Å². The summed E-state index contributed by atoms with van der Waals surface area (Å²) in [5.74, 6) is -0.337. The predicted molar refractivity (Wildman–Crippen MR) is 99.4 cm³/mol. The lowest BCUT2D eigenvalue weighted by Gasteiger charge is -2.14. The lowest BCUT2D eigenvalue weighted by molar-refractivity contribution is -0.141. The zero-order valence-corrected chi connectivity index (χ0v) is 16.2. The van der Waals surface area contributed by atoms with Crippen molar-refractivity contribution in [2.45, 2.75) is 26.9 Å². The third kappa shape index (κ3) is 5.18. The summed E-state index contributed by atoms with van der Waals surface area (Å²) in [6, 6.07) is 5.61. The van der Waals surface area contributed by atoms with Crippen LogP contribution in [0.1, 0.15) is 25.1 Å². The molecule has 154 valence electrons. The normalized spacial score (nSPS) is 10.8. The Morgan fingerprint density at radius 2 is 1.66 bits per heavy atom. The third-order valence-corrected chi connectivity index (χ3v) is 3.61. The SMILES string of the molecule is CC.COc1ncc(F)cc1-c1cccnc1Oc1cnc(C(F)(F)F)c(C)c1. The number of aromatic nitrogens is 3. The van der Waals surface area contributed by atoms with Crippen LogP contribution in [0.5, 0.6) is 17.5 Å². The Labute approximate surface area is 165 Å². The molecule has 0 atom stereocenters. The summed E-state index contributed by atoms with van der Waals surface area (Å²) in [6.45, 7) is 5.28. The van der Waals surface area contributed by atoms with E-state index in [1.807, 2.05) is 13.8 Å². The van der Waals surface area contributed by atoms with Gasteiger partial charge < -0.3 is 9.47 Å². The van der Waals surface area contributed by atoms with Crippen LogP contribution in [0.2, 0.25) is 0 Å². The van der Waals surface area contributed by atoms with E-state index in [0.29, 0.717) is 5.56 Å². The Kier molecular flexibility index (Phi) is 7.08. The smallest absolute Gasteiger partial charge is 0.433 e. The number of ether oxygens (including phenoxy) is 2. The van der Waals surface area contributed by atoms with E-state index in [1.54, 1.807) is 12.1 Å². The van der Waals surface area contributed by atoms with Gasteiger partial charge in [0.15, 0.2) is 0 Å². The summed E-state index contributed by atoms with van der Waals surface area (Å²) >= 11 is 0. The first-order valence-corrected chi connectivity index (χ1v) is 8.66. The van der Waals surface area contributed by atoms with Crippen LogP contribution in [-0.2, 0) is 6.18 Å². The molecule has 9 heteroatoms. The number of halogens is 4. The highest BCUT2D eigenvalue weighted by molar-refractivity contribution is 5.73. The zero-order chi connectivity index (χ0) is 21.6. The molecular formula is C20H19F4N3O2. The fourth-order valence-corrected chi connectivity index (χ4v) is 2.47. The maximum absolute atomic E-state index is 13.6. The molecule has 3 aromatic heterocycles. The van der Waals surface area contributed by atoms with Crippen molar-refractivity contribution in [3.8, 4) is 28.6 Å². The van der Waals surface area contributed by atoms with Crippen LogP contribution in [0.3, 0.4) is 0 Å². The van der Waals surface area contributed by atoms with Crippen LogP contribution in [0.4, 0.5) is 17.6 Å². The molecule has 0 spiro atoms. The van der Waals surface area contributed by atoms with Gasteiger partial charge >= 0.3 is 6.18 Å². The van der Waals surface area contributed by atoms with E-state index in [0.717, 1.165) is 12.4 Å². The quantitative estimate of drug-likeness (QED) is 0.507. The third-order valence-electron chi connectivity index (χ3n) is 3.61. The van der Waals surface area contributed by atoms with Crippen LogP contribution in [0.15, 0.2) is 42.9 Å². The van der Waals surface area contributed by atoms with E-state index in [4.69, 9.17) is 9.47 Å². The number of rotatable bonds is 4. The first-order valence-electron chi connectivity index (χ1n) is 8.66. The average molecular weight is 409 g/mol. The van der Waals surface area contributed by atoms with Gasteiger partial charge in [0.05, 0.1) is 25.1 Å². The van der Waals surface area contributed by atoms with Gasteiger partial charge in [-0.2, -0.15) is 13.2 Å². The minimum atomic E-state index is -4.56. The van der Waals surface area contributed by atoms with Gasteiger partial charge in [-0.15, -0.1) is 0 Å². The maximum atomic E-state index is 13.6. The molecule has 0 unspecified atom stereocenters. The molecule has 0 aliphatic heterocycles. The van der Waals surface area contributed by atoms with Crippen LogP contribution in [0.25, 0.3) is 11.1 Å². The second-order valence-corrected chi connectivity index (χ2v) is 5.50. The number of nitrogens with zero attached hydrogens (tertiary/aromatic N) is 3. The highest BCUT2D eigenvalue weighted by Crippen LogP contribution is 2.37. The van der Waals surface area contributed by atoms with Crippen LogP contribution in [-0.4, -0.2) is 22.1 Å². The number of aryl methyl sites for hydroxylation is 1. The molecule has 0 saturated heterocycles. The van der Waals surface area contributed by atoms with E-state index in [-0.39, 0.29) is 28.6 Å². The van der Waals surface area contributed by atoms with Crippen molar-refractivity contribution in [3.05, 3.63) is 59.9 Å². The van der Waals surface area contributed by atoms with Crippen molar-refractivity contribution in [1.29, 1.82) is 0 Å². The van der Waals surface area contributed by atoms with Crippen molar-refractivity contribution in [1.82, 2.24) is 15.0 Å². The first kappa shape index (κ1) is 22.1. The summed E-state index contributed by atoms with van der Waals surface area (Å²) in [7, 11) is 1.38. The lowest BCUT2D eigenvalue weighted by Crippen LogP contribution is -2.10. The first-order chi connectivity index (χ1) is 13.8. The van der Waals surface area contributed by atoms with E-state index in [1.165, 1.54) is 32.4 Å². The Morgan fingerprint density at radius 3 is 2.28 bits per heavy atom. The van der Waals surface area contributed by atoms with Crippen molar-refractivity contribution in [2.75, 3.05) is 7.11 Å². The molecule has 3 aromatic rings. The lowest BCUT2D eigenvalue weighted by atomic mass is 10.1. The summed E-state index contributed by atoms with van der Waals surface area (Å²) in [5, 5.41) is 0. The van der Waals surface area contributed by atoms with E-state index < -0.39 is 17.7 Å². The Hall–Kier alpha value is -3.23. The zero-order valence-electron chi connectivity index (χ0n) is 16.2. The summed E-state index contributed by atoms with van der Waals surface area (Å²) in [6.07, 6.45) is -1.17. The fraction of sp³-hybridized carbons (Fsp3) is 0.250. The molecule has 0 radical (unpaired) electrons. The molecule has 0 amide bonds. The summed E-state index contributed by atoms with van der Waals surface area (Å²) in [5.41, 5.74) is -0.439. The monoisotopic (exact) mass is 409 g/mol. The van der Waals surface area contributed by atoms with Gasteiger partial charge in [0.2, 0.25) is 11.8 Å². The van der Waals surface area contributed by atoms with Crippen molar-refractivity contribution < 1.29 is 27.0 Å². The van der Waals surface area contributed by atoms with Gasteiger partial charge in [-0.1, -0.05) is 13.8 Å². The Morgan fingerprint density at radius 1 is 0.931 bits per heavy atom. The van der Waals surface area contributed by atoms with Crippen LogP contribution in [0, 0.1) is 12.7 Å². The van der Waals surface area contributed by atoms with Crippen molar-refractivity contribution in [2.24, 2.45) is 0 Å². The summed E-state index contributed by atoms with van der Waals surface area (Å²) in [4.78, 5) is 11.4. The van der Waals surface area contributed by atoms with Crippen molar-refractivity contribution >= 4 is 0 Å². The molecule has 0 saturated carbocycles. The van der Waals surface area contributed by atoms with Gasteiger partial charge in [0.1, 0.15) is 17.3 Å². The molecule has 3 rings (SSSR count). The standard InChI is InChI=1S/C18H13F4N3O2.C2H6/c1-10-6-12(9-24-15(10)18(20,21)22)27-17-13(4-3-5-23-17)14-7-11(19)8-25-16(14)26-2;1-2/h3-9H,1-2H3;1-2H3. The van der Waals surface area contributed by atoms with E-state index >= 15 is 0 Å². The predicted octanol–water partition coefficient (Wildman–Crippen LogP) is 5.83. The second-order valence-electron chi connectivity index (χ2n) is 5.50. The molecule has 0 fully saturated rings. The number of pyridine rings is 3. The second kappa shape index (κ2) is 9.31. The van der Waals surface area contributed by atoms with E-state index in [9.17, 15) is 17.6 Å². The van der Waals surface area contributed by atoms with Gasteiger partial charge in [0.25, 0.3) is 0 Å². The highest BCUT2D eigenvalue weighted by atomic mass is 19.4. The molecule has 0 bridgehead atoms. The number of hydrogen-bond donors (Lipinski definition) is 0. The highest BCUT2D eigenvalue weighted by Gasteiger charge is 2.34. The maximum Gasteiger partial charge on any atom is 0.433 e. The molecule has 0 N–H and O–H groups in total. The Bertz CT molecular complexity index is 978. The Balaban J connectivity index is 0.00000145. The van der Waals surface area contributed by atoms with Gasteiger partial charge in [-0.3, -0.25) is 0 Å². The largest absolute Gasteiger partial charge is 0.481 e. The molecule has 0 aliphatic carbocycles. The fourth-order valence-electron chi connectivity index (χ4n) is 2.47. The molecular weight excluding hydrogens is 390 g/mol. The van der Waals surface area contributed by atoms with Crippen LogP contribution >= 0.6 is 0 Å². The number of methoxy groups -OCH3 is 1. The van der Waals surface area contributed by atoms with Gasteiger partial charge in [-0.05, 0) is 36.8 Å². The van der Waals surface area contributed by atoms with Crippen LogP contribution < -0.4 is 9.47 Å².